The molecular weight excluding hydrogens is 318 g/mol. The Labute approximate surface area is 142 Å². The fourth-order valence-corrected chi connectivity index (χ4v) is 2.77. The standard InChI is InChI=1S/C19H13N3O3/c23-22(24)19-17(25-21-18(19)13-6-2-1-3-7-13)11-10-14-12-20-16-9-5-4-8-15(14)16/h1-12,20H. The van der Waals surface area contributed by atoms with E-state index in [0.717, 1.165) is 16.5 Å². The van der Waals surface area contributed by atoms with Crippen LogP contribution in [-0.4, -0.2) is 15.1 Å². The molecule has 0 fully saturated rings. The molecule has 0 bridgehead atoms. The molecular formula is C19H13N3O3. The largest absolute Gasteiger partial charge is 0.361 e. The lowest BCUT2D eigenvalue weighted by Crippen LogP contribution is -1.91. The van der Waals surface area contributed by atoms with Gasteiger partial charge < -0.3 is 9.51 Å². The van der Waals surface area contributed by atoms with Crippen molar-refractivity contribution in [3.05, 3.63) is 82.2 Å². The molecule has 0 saturated carbocycles. The highest BCUT2D eigenvalue weighted by Gasteiger charge is 2.26. The molecule has 0 amide bonds. The average molecular weight is 331 g/mol. The van der Waals surface area contributed by atoms with E-state index in [1.807, 2.05) is 36.5 Å². The van der Waals surface area contributed by atoms with Gasteiger partial charge in [0.05, 0.1) is 4.92 Å². The van der Waals surface area contributed by atoms with Crippen molar-refractivity contribution in [1.29, 1.82) is 0 Å². The first-order chi connectivity index (χ1) is 12.2. The smallest absolute Gasteiger partial charge is 0.343 e. The first-order valence-electron chi connectivity index (χ1n) is 7.68. The average Bonchev–Trinajstić information content (AvgIpc) is 3.25. The molecule has 25 heavy (non-hydrogen) atoms. The van der Waals surface area contributed by atoms with Crippen molar-refractivity contribution < 1.29 is 9.45 Å². The summed E-state index contributed by atoms with van der Waals surface area (Å²) in [5.41, 5.74) is 2.65. The first kappa shape index (κ1) is 14.9. The minimum atomic E-state index is -0.465. The molecule has 0 aliphatic heterocycles. The Kier molecular flexibility index (Phi) is 3.63. The summed E-state index contributed by atoms with van der Waals surface area (Å²) in [4.78, 5) is 14.2. The molecule has 0 radical (unpaired) electrons. The van der Waals surface area contributed by atoms with Crippen molar-refractivity contribution in [2.24, 2.45) is 0 Å². The lowest BCUT2D eigenvalue weighted by atomic mass is 10.1. The Morgan fingerprint density at radius 3 is 2.60 bits per heavy atom. The van der Waals surface area contributed by atoms with Gasteiger partial charge in [-0.2, -0.15) is 0 Å². The maximum Gasteiger partial charge on any atom is 0.343 e. The monoisotopic (exact) mass is 331 g/mol. The number of nitro groups is 1. The van der Waals surface area contributed by atoms with Crippen LogP contribution in [0.4, 0.5) is 5.69 Å². The van der Waals surface area contributed by atoms with Crippen molar-refractivity contribution in [3.8, 4) is 11.3 Å². The van der Waals surface area contributed by atoms with Crippen molar-refractivity contribution >= 4 is 28.7 Å². The Morgan fingerprint density at radius 2 is 1.80 bits per heavy atom. The second-order valence-electron chi connectivity index (χ2n) is 5.49. The minimum Gasteiger partial charge on any atom is -0.361 e. The van der Waals surface area contributed by atoms with Gasteiger partial charge in [-0.3, -0.25) is 10.1 Å². The first-order valence-corrected chi connectivity index (χ1v) is 7.68. The van der Waals surface area contributed by atoms with Crippen LogP contribution >= 0.6 is 0 Å². The molecule has 122 valence electrons. The van der Waals surface area contributed by atoms with Crippen molar-refractivity contribution in [2.75, 3.05) is 0 Å². The second-order valence-corrected chi connectivity index (χ2v) is 5.49. The molecule has 0 aliphatic carbocycles. The number of hydrogen-bond acceptors (Lipinski definition) is 4. The van der Waals surface area contributed by atoms with Gasteiger partial charge in [-0.25, -0.2) is 0 Å². The van der Waals surface area contributed by atoms with Crippen molar-refractivity contribution in [3.63, 3.8) is 0 Å². The molecule has 6 heteroatoms. The molecule has 4 aromatic rings. The molecule has 0 spiro atoms. The molecule has 0 aliphatic rings. The summed E-state index contributed by atoms with van der Waals surface area (Å²) in [6.07, 6.45) is 5.20. The summed E-state index contributed by atoms with van der Waals surface area (Å²) in [7, 11) is 0. The number of fused-ring (bicyclic) bond motifs is 1. The minimum absolute atomic E-state index is 0.120. The maximum absolute atomic E-state index is 11.5. The van der Waals surface area contributed by atoms with E-state index in [-0.39, 0.29) is 17.1 Å². The van der Waals surface area contributed by atoms with Crippen LogP contribution in [0, 0.1) is 10.1 Å². The molecule has 6 nitrogen and oxygen atoms in total. The van der Waals surface area contributed by atoms with E-state index in [0.29, 0.717) is 5.56 Å². The number of aromatic amines is 1. The van der Waals surface area contributed by atoms with Gasteiger partial charge in [0.1, 0.15) is 0 Å². The van der Waals surface area contributed by atoms with Crippen LogP contribution in [0.15, 0.2) is 65.3 Å². The second kappa shape index (κ2) is 6.09. The lowest BCUT2D eigenvalue weighted by Gasteiger charge is -1.94. The molecule has 0 saturated heterocycles. The number of nitrogens with zero attached hydrogens (tertiary/aromatic N) is 2. The summed E-state index contributed by atoms with van der Waals surface area (Å²) in [5, 5.41) is 16.4. The van der Waals surface area contributed by atoms with Gasteiger partial charge in [-0.05, 0) is 23.8 Å². The van der Waals surface area contributed by atoms with E-state index in [1.165, 1.54) is 0 Å². The molecule has 1 N–H and O–H groups in total. The number of nitrogens with one attached hydrogen (secondary N) is 1. The molecule has 2 aromatic heterocycles. The van der Waals surface area contributed by atoms with Crippen LogP contribution in [0.25, 0.3) is 34.3 Å². The molecule has 2 heterocycles. The topological polar surface area (TPSA) is 85.0 Å². The van der Waals surface area contributed by atoms with E-state index in [1.54, 1.807) is 36.4 Å². The van der Waals surface area contributed by atoms with Crippen LogP contribution in [0.5, 0.6) is 0 Å². The van der Waals surface area contributed by atoms with Crippen LogP contribution in [0.3, 0.4) is 0 Å². The lowest BCUT2D eigenvalue weighted by molar-refractivity contribution is -0.384. The zero-order valence-electron chi connectivity index (χ0n) is 13.0. The Hall–Kier alpha value is -3.67. The molecule has 0 unspecified atom stereocenters. The number of H-pyrrole nitrogens is 1. The van der Waals surface area contributed by atoms with E-state index >= 15 is 0 Å². The predicted molar refractivity (Wildman–Crippen MR) is 95.8 cm³/mol. The van der Waals surface area contributed by atoms with E-state index in [9.17, 15) is 10.1 Å². The highest BCUT2D eigenvalue weighted by Crippen LogP contribution is 2.33. The third-order valence-electron chi connectivity index (χ3n) is 3.96. The summed E-state index contributed by atoms with van der Waals surface area (Å²) < 4.78 is 5.23. The SMILES string of the molecule is O=[N+]([O-])c1c(-c2ccccc2)noc1C=Cc1c[nH]c2ccccc12. The van der Waals surface area contributed by atoms with Gasteiger partial charge in [0.15, 0.2) is 5.69 Å². The fourth-order valence-electron chi connectivity index (χ4n) is 2.77. The number of benzene rings is 2. The van der Waals surface area contributed by atoms with Crippen LogP contribution < -0.4 is 0 Å². The highest BCUT2D eigenvalue weighted by molar-refractivity contribution is 5.92. The van der Waals surface area contributed by atoms with Gasteiger partial charge in [-0.1, -0.05) is 53.7 Å². The van der Waals surface area contributed by atoms with E-state index in [4.69, 9.17) is 4.52 Å². The number of rotatable bonds is 4. The molecule has 2 aromatic carbocycles. The van der Waals surface area contributed by atoms with Gasteiger partial charge in [-0.15, -0.1) is 0 Å². The van der Waals surface area contributed by atoms with Crippen molar-refractivity contribution in [2.45, 2.75) is 0 Å². The normalized spacial score (nSPS) is 11.4. The van der Waals surface area contributed by atoms with Gasteiger partial charge in [0.2, 0.25) is 5.76 Å². The summed E-state index contributed by atoms with van der Waals surface area (Å²) in [5.74, 6) is 0.120. The third kappa shape index (κ3) is 2.70. The van der Waals surface area contributed by atoms with Gasteiger partial charge in [0, 0.05) is 22.7 Å². The zero-order chi connectivity index (χ0) is 17.2. The number of aromatic nitrogens is 2. The molecule has 0 atom stereocenters. The summed E-state index contributed by atoms with van der Waals surface area (Å²) >= 11 is 0. The summed E-state index contributed by atoms with van der Waals surface area (Å²) in [6.45, 7) is 0. The number of para-hydroxylation sites is 1. The zero-order valence-corrected chi connectivity index (χ0v) is 13.0. The summed E-state index contributed by atoms with van der Waals surface area (Å²) in [6, 6.07) is 16.8. The van der Waals surface area contributed by atoms with E-state index < -0.39 is 4.92 Å². The highest BCUT2D eigenvalue weighted by atomic mass is 16.6. The third-order valence-corrected chi connectivity index (χ3v) is 3.96. The quantitative estimate of drug-likeness (QED) is 0.425. The molecule has 4 rings (SSSR count). The van der Waals surface area contributed by atoms with E-state index in [2.05, 4.69) is 10.1 Å². The maximum atomic E-state index is 11.5. The fraction of sp³-hybridized carbons (Fsp3) is 0. The Bertz CT molecular complexity index is 1080. The van der Waals surface area contributed by atoms with Crippen LogP contribution in [0.1, 0.15) is 11.3 Å². The van der Waals surface area contributed by atoms with Crippen LogP contribution in [-0.2, 0) is 0 Å². The Morgan fingerprint density at radius 1 is 1.04 bits per heavy atom. The van der Waals surface area contributed by atoms with Gasteiger partial charge >= 0.3 is 5.69 Å². The predicted octanol–water partition coefficient (Wildman–Crippen LogP) is 4.90. The van der Waals surface area contributed by atoms with Crippen LogP contribution in [0.2, 0.25) is 0 Å². The Balaban J connectivity index is 1.76. The van der Waals surface area contributed by atoms with Gasteiger partial charge in [0.25, 0.3) is 0 Å². The van der Waals surface area contributed by atoms with Crippen molar-refractivity contribution in [1.82, 2.24) is 10.1 Å². The number of hydrogen-bond donors (Lipinski definition) is 1.